The Morgan fingerprint density at radius 1 is 1.29 bits per heavy atom. The molecular weight excluding hydrogens is 459 g/mol. The van der Waals surface area contributed by atoms with Crippen LogP contribution in [0.4, 0.5) is 10.1 Å². The minimum absolute atomic E-state index is 0.0867. The SMILES string of the molecule is CCN(CC)C/C=C\c1cc(F)ccc1S(=O)(=O)Nc1ccc2c(c1C(=O)O)OCC1CC21C. The number of aromatic carboxylic acids is 1. The molecule has 0 aromatic heterocycles. The first-order chi connectivity index (χ1) is 16.1. The lowest BCUT2D eigenvalue weighted by Crippen LogP contribution is -2.23. The Morgan fingerprint density at radius 3 is 2.71 bits per heavy atom. The summed E-state index contributed by atoms with van der Waals surface area (Å²) in [5.74, 6) is -1.30. The molecule has 0 bridgehead atoms. The Bertz CT molecular complexity index is 1260. The number of nitrogens with zero attached hydrogens (tertiary/aromatic N) is 1. The molecule has 4 rings (SSSR count). The molecule has 34 heavy (non-hydrogen) atoms. The summed E-state index contributed by atoms with van der Waals surface area (Å²) in [6, 6.07) is 6.59. The van der Waals surface area contributed by atoms with Crippen molar-refractivity contribution in [1.82, 2.24) is 4.90 Å². The first-order valence-electron chi connectivity index (χ1n) is 11.4. The molecule has 2 N–H and O–H groups in total. The van der Waals surface area contributed by atoms with Gasteiger partial charge in [-0.15, -0.1) is 0 Å². The normalized spacial score (nSPS) is 21.1. The third-order valence-electron chi connectivity index (χ3n) is 6.89. The first kappa shape index (κ1) is 24.2. The van der Waals surface area contributed by atoms with E-state index in [4.69, 9.17) is 4.74 Å². The van der Waals surface area contributed by atoms with E-state index in [2.05, 4.69) is 16.5 Å². The van der Waals surface area contributed by atoms with Gasteiger partial charge in [0.25, 0.3) is 10.0 Å². The van der Waals surface area contributed by atoms with Crippen molar-refractivity contribution in [2.75, 3.05) is 31.0 Å². The maximum Gasteiger partial charge on any atom is 0.341 e. The van der Waals surface area contributed by atoms with Crippen molar-refractivity contribution in [3.05, 3.63) is 58.9 Å². The van der Waals surface area contributed by atoms with Gasteiger partial charge in [-0.05, 0) is 49.3 Å². The zero-order valence-electron chi connectivity index (χ0n) is 19.5. The fraction of sp³-hybridized carbons (Fsp3) is 0.400. The fourth-order valence-electron chi connectivity index (χ4n) is 4.59. The number of carboxylic acids is 1. The zero-order chi connectivity index (χ0) is 24.7. The smallest absolute Gasteiger partial charge is 0.341 e. The van der Waals surface area contributed by atoms with Crippen molar-refractivity contribution >= 4 is 27.8 Å². The molecule has 1 saturated carbocycles. The van der Waals surface area contributed by atoms with Crippen LogP contribution in [-0.4, -0.2) is 50.6 Å². The Kier molecular flexibility index (Phi) is 6.44. The van der Waals surface area contributed by atoms with Crippen molar-refractivity contribution < 1.29 is 27.4 Å². The Morgan fingerprint density at radius 2 is 2.03 bits per heavy atom. The molecule has 0 spiro atoms. The van der Waals surface area contributed by atoms with E-state index in [1.165, 1.54) is 12.1 Å². The summed E-state index contributed by atoms with van der Waals surface area (Å²) in [6.45, 7) is 8.74. The molecule has 0 saturated heterocycles. The Hall–Kier alpha value is -2.91. The molecule has 2 aromatic rings. The van der Waals surface area contributed by atoms with Crippen LogP contribution in [0.5, 0.6) is 5.75 Å². The standard InChI is InChI=1S/C25H29FN2O5S/c1-4-28(5-2)12-6-7-16-13-18(26)8-11-21(16)34(31,32)27-20-10-9-19-23(22(20)24(29)30)33-15-17-14-25(17,19)3/h6-11,13,17,27H,4-5,12,14-15H2,1-3H3,(H,29,30)/b7-6-. The van der Waals surface area contributed by atoms with Gasteiger partial charge in [0.15, 0.2) is 0 Å². The number of hydrogen-bond acceptors (Lipinski definition) is 5. The van der Waals surface area contributed by atoms with E-state index in [9.17, 15) is 22.7 Å². The van der Waals surface area contributed by atoms with Gasteiger partial charge in [0.1, 0.15) is 17.1 Å². The lowest BCUT2D eigenvalue weighted by molar-refractivity contribution is 0.0692. The van der Waals surface area contributed by atoms with Gasteiger partial charge in [0.05, 0.1) is 17.2 Å². The van der Waals surface area contributed by atoms with Crippen molar-refractivity contribution in [2.24, 2.45) is 5.92 Å². The first-order valence-corrected chi connectivity index (χ1v) is 12.8. The molecule has 1 fully saturated rings. The molecule has 1 aliphatic carbocycles. The number of carboxylic acid groups (broad SMARTS) is 1. The second-order valence-electron chi connectivity index (χ2n) is 8.98. The average molecular weight is 489 g/mol. The third kappa shape index (κ3) is 4.42. The summed E-state index contributed by atoms with van der Waals surface area (Å²) in [7, 11) is -4.22. The highest BCUT2D eigenvalue weighted by atomic mass is 32.2. The summed E-state index contributed by atoms with van der Waals surface area (Å²) in [5, 5.41) is 9.90. The van der Waals surface area contributed by atoms with Crippen LogP contribution in [0.2, 0.25) is 0 Å². The summed E-state index contributed by atoms with van der Waals surface area (Å²) in [6.07, 6.45) is 4.25. The largest absolute Gasteiger partial charge is 0.492 e. The van der Waals surface area contributed by atoms with Crippen molar-refractivity contribution in [3.63, 3.8) is 0 Å². The predicted molar refractivity (Wildman–Crippen MR) is 128 cm³/mol. The third-order valence-corrected chi connectivity index (χ3v) is 8.33. The number of rotatable bonds is 9. The van der Waals surface area contributed by atoms with Crippen LogP contribution >= 0.6 is 0 Å². The van der Waals surface area contributed by atoms with Gasteiger partial charge in [-0.3, -0.25) is 4.72 Å². The Labute approximate surface area is 199 Å². The predicted octanol–water partition coefficient (Wildman–Crippen LogP) is 4.35. The van der Waals surface area contributed by atoms with E-state index in [-0.39, 0.29) is 32.9 Å². The molecule has 2 aliphatic rings. The number of nitrogens with one attached hydrogen (secondary N) is 1. The van der Waals surface area contributed by atoms with E-state index >= 15 is 0 Å². The van der Waals surface area contributed by atoms with Gasteiger partial charge in [-0.25, -0.2) is 17.6 Å². The summed E-state index contributed by atoms with van der Waals surface area (Å²) in [4.78, 5) is 14.1. The number of carbonyl (C=O) groups is 1. The van der Waals surface area contributed by atoms with Crippen LogP contribution in [-0.2, 0) is 15.4 Å². The number of anilines is 1. The van der Waals surface area contributed by atoms with Crippen molar-refractivity contribution in [1.29, 1.82) is 0 Å². The molecule has 0 amide bonds. The quantitative estimate of drug-likeness (QED) is 0.545. The van der Waals surface area contributed by atoms with E-state index in [1.807, 2.05) is 13.8 Å². The maximum absolute atomic E-state index is 14.0. The molecule has 9 heteroatoms. The number of sulfonamides is 1. The highest BCUT2D eigenvalue weighted by Crippen LogP contribution is 2.60. The van der Waals surface area contributed by atoms with E-state index in [1.54, 1.807) is 18.2 Å². The second kappa shape index (κ2) is 9.03. The van der Waals surface area contributed by atoms with E-state index in [0.29, 0.717) is 19.1 Å². The number of benzene rings is 2. The van der Waals surface area contributed by atoms with Crippen LogP contribution in [0.3, 0.4) is 0 Å². The van der Waals surface area contributed by atoms with Gasteiger partial charge >= 0.3 is 5.97 Å². The lowest BCUT2D eigenvalue weighted by Gasteiger charge is -2.25. The molecular formula is C25H29FN2O5S. The van der Waals surface area contributed by atoms with Gasteiger partial charge in [0, 0.05) is 23.4 Å². The number of likely N-dealkylation sites (N-methyl/N-ethyl adjacent to an activating group) is 1. The molecule has 1 aliphatic heterocycles. The van der Waals surface area contributed by atoms with Gasteiger partial charge in [-0.1, -0.05) is 39.0 Å². The fourth-order valence-corrected chi connectivity index (χ4v) is 5.85. The van der Waals surface area contributed by atoms with Gasteiger partial charge in [-0.2, -0.15) is 0 Å². The molecule has 7 nitrogen and oxygen atoms in total. The van der Waals surface area contributed by atoms with Gasteiger partial charge < -0.3 is 14.7 Å². The number of fused-ring (bicyclic) bond motifs is 3. The minimum Gasteiger partial charge on any atom is -0.492 e. The highest BCUT2D eigenvalue weighted by molar-refractivity contribution is 7.92. The highest BCUT2D eigenvalue weighted by Gasteiger charge is 2.56. The van der Waals surface area contributed by atoms with E-state index < -0.39 is 21.8 Å². The average Bonchev–Trinajstić information content (AvgIpc) is 3.47. The van der Waals surface area contributed by atoms with Crippen LogP contribution in [0.25, 0.3) is 6.08 Å². The van der Waals surface area contributed by atoms with Crippen LogP contribution in [0.1, 0.15) is 48.7 Å². The van der Waals surface area contributed by atoms with Crippen LogP contribution < -0.4 is 9.46 Å². The monoisotopic (exact) mass is 488 g/mol. The number of halogens is 1. The van der Waals surface area contributed by atoms with Crippen molar-refractivity contribution in [3.8, 4) is 5.75 Å². The van der Waals surface area contributed by atoms with Crippen LogP contribution in [0.15, 0.2) is 41.3 Å². The van der Waals surface area contributed by atoms with Gasteiger partial charge in [0.2, 0.25) is 0 Å². The van der Waals surface area contributed by atoms with Crippen molar-refractivity contribution in [2.45, 2.75) is 37.5 Å². The Balaban J connectivity index is 1.69. The maximum atomic E-state index is 14.0. The molecule has 2 atom stereocenters. The second-order valence-corrected chi connectivity index (χ2v) is 10.6. The molecule has 2 aromatic carbocycles. The lowest BCUT2D eigenvalue weighted by atomic mass is 9.90. The van der Waals surface area contributed by atoms with E-state index in [0.717, 1.165) is 37.2 Å². The molecule has 2 unspecified atom stereocenters. The van der Waals surface area contributed by atoms with Crippen LogP contribution in [0, 0.1) is 11.7 Å². The summed E-state index contributed by atoms with van der Waals surface area (Å²) >= 11 is 0. The number of hydrogen-bond donors (Lipinski definition) is 2. The zero-order valence-corrected chi connectivity index (χ0v) is 20.3. The summed E-state index contributed by atoms with van der Waals surface area (Å²) < 4.78 is 48.7. The number of ether oxygens (including phenoxy) is 1. The molecule has 0 radical (unpaired) electrons. The topological polar surface area (TPSA) is 95.9 Å². The summed E-state index contributed by atoms with van der Waals surface area (Å²) in [5.41, 5.74) is 0.518. The minimum atomic E-state index is -4.22. The molecule has 182 valence electrons. The molecule has 1 heterocycles.